The van der Waals surface area contributed by atoms with Crippen LogP contribution in [0, 0.1) is 0 Å². The van der Waals surface area contributed by atoms with Crippen molar-refractivity contribution in [2.45, 2.75) is 32.6 Å². The summed E-state index contributed by atoms with van der Waals surface area (Å²) < 4.78 is 25.7. The molecule has 0 fully saturated rings. The van der Waals surface area contributed by atoms with Gasteiger partial charge >= 0.3 is 5.97 Å². The first-order valence-corrected chi connectivity index (χ1v) is 6.33. The van der Waals surface area contributed by atoms with Crippen LogP contribution in [0.4, 0.5) is 0 Å². The van der Waals surface area contributed by atoms with Crippen LogP contribution < -0.4 is 5.14 Å². The topological polar surface area (TPSA) is 86.5 Å². The molecule has 0 aromatic carbocycles. The van der Waals surface area contributed by atoms with Crippen LogP contribution in [0.3, 0.4) is 0 Å². The number of ether oxygens (including phenoxy) is 1. The summed E-state index contributed by atoms with van der Waals surface area (Å²) >= 11 is 0. The van der Waals surface area contributed by atoms with E-state index in [0.29, 0.717) is 32.3 Å². The largest absolute Gasteiger partial charge is 0.466 e. The predicted molar refractivity (Wildman–Crippen MR) is 53.1 cm³/mol. The Labute approximate surface area is 84.7 Å². The lowest BCUT2D eigenvalue weighted by atomic mass is 10.2. The third-order valence-corrected chi connectivity index (χ3v) is 2.47. The van der Waals surface area contributed by atoms with Crippen LogP contribution in [0.25, 0.3) is 0 Å². The first-order chi connectivity index (χ1) is 6.45. The van der Waals surface area contributed by atoms with Crippen LogP contribution in [0.2, 0.25) is 0 Å². The Morgan fingerprint density at radius 2 is 1.93 bits per heavy atom. The Kier molecular flexibility index (Phi) is 6.48. The molecule has 0 amide bonds. The first-order valence-electron chi connectivity index (χ1n) is 4.62. The number of hydrogen-bond acceptors (Lipinski definition) is 4. The highest BCUT2D eigenvalue weighted by atomic mass is 32.2. The minimum Gasteiger partial charge on any atom is -0.466 e. The van der Waals surface area contributed by atoms with E-state index < -0.39 is 10.0 Å². The smallest absolute Gasteiger partial charge is 0.305 e. The van der Waals surface area contributed by atoms with Crippen LogP contribution in [-0.2, 0) is 19.6 Å². The van der Waals surface area contributed by atoms with Crippen molar-refractivity contribution < 1.29 is 17.9 Å². The van der Waals surface area contributed by atoms with Gasteiger partial charge in [0.1, 0.15) is 0 Å². The molecule has 0 saturated carbocycles. The second-order valence-corrected chi connectivity index (χ2v) is 4.72. The molecule has 0 unspecified atom stereocenters. The van der Waals surface area contributed by atoms with Gasteiger partial charge in [-0.2, -0.15) is 0 Å². The Hall–Kier alpha value is -0.620. The summed E-state index contributed by atoms with van der Waals surface area (Å²) in [5.41, 5.74) is 0. The van der Waals surface area contributed by atoms with E-state index in [1.165, 1.54) is 0 Å². The molecule has 0 rings (SSSR count). The quantitative estimate of drug-likeness (QED) is 0.500. The van der Waals surface area contributed by atoms with E-state index >= 15 is 0 Å². The maximum Gasteiger partial charge on any atom is 0.305 e. The third-order valence-electron chi connectivity index (χ3n) is 1.62. The van der Waals surface area contributed by atoms with E-state index in [1.807, 2.05) is 0 Å². The number of unbranched alkanes of at least 4 members (excludes halogenated alkanes) is 2. The number of carbonyl (C=O) groups is 1. The molecule has 5 nitrogen and oxygen atoms in total. The first kappa shape index (κ1) is 13.4. The molecule has 0 aliphatic carbocycles. The van der Waals surface area contributed by atoms with Crippen molar-refractivity contribution in [3.05, 3.63) is 0 Å². The number of sulfonamides is 1. The molecule has 0 saturated heterocycles. The fourth-order valence-corrected chi connectivity index (χ4v) is 1.59. The van der Waals surface area contributed by atoms with Gasteiger partial charge in [0.25, 0.3) is 0 Å². The van der Waals surface area contributed by atoms with Crippen molar-refractivity contribution in [2.75, 3.05) is 12.4 Å². The average molecular weight is 223 g/mol. The molecule has 0 bridgehead atoms. The van der Waals surface area contributed by atoms with E-state index in [4.69, 9.17) is 9.88 Å². The standard InChI is InChI=1S/C8H17NO4S/c1-2-13-8(10)6-4-3-5-7-14(9,11)12/h2-7H2,1H3,(H2,9,11,12). The number of esters is 1. The summed E-state index contributed by atoms with van der Waals surface area (Å²) in [6.07, 6.45) is 2.17. The lowest BCUT2D eigenvalue weighted by molar-refractivity contribution is -0.143. The third kappa shape index (κ3) is 9.47. The summed E-state index contributed by atoms with van der Waals surface area (Å²) in [6.45, 7) is 2.13. The average Bonchev–Trinajstić information content (AvgIpc) is 2.02. The molecule has 84 valence electrons. The maximum absolute atomic E-state index is 10.8. The molecule has 0 aliphatic heterocycles. The molecule has 0 heterocycles. The van der Waals surface area contributed by atoms with Crippen LogP contribution in [0.1, 0.15) is 32.6 Å². The molecular weight excluding hydrogens is 206 g/mol. The summed E-state index contributed by atoms with van der Waals surface area (Å²) in [6, 6.07) is 0. The second kappa shape index (κ2) is 6.78. The summed E-state index contributed by atoms with van der Waals surface area (Å²) in [7, 11) is -3.35. The number of hydrogen-bond donors (Lipinski definition) is 1. The van der Waals surface area contributed by atoms with Gasteiger partial charge in [0.15, 0.2) is 0 Å². The molecule has 14 heavy (non-hydrogen) atoms. The van der Waals surface area contributed by atoms with Crippen molar-refractivity contribution in [1.29, 1.82) is 0 Å². The zero-order valence-corrected chi connectivity index (χ0v) is 9.18. The van der Waals surface area contributed by atoms with Gasteiger partial charge in [-0.1, -0.05) is 6.42 Å². The van der Waals surface area contributed by atoms with Gasteiger partial charge < -0.3 is 4.74 Å². The molecule has 0 aliphatic rings. The molecule has 0 aromatic heterocycles. The highest BCUT2D eigenvalue weighted by Crippen LogP contribution is 2.02. The lowest BCUT2D eigenvalue weighted by Gasteiger charge is -2.01. The van der Waals surface area contributed by atoms with Gasteiger partial charge in [-0.05, 0) is 19.8 Å². The number of carbonyl (C=O) groups excluding carboxylic acids is 1. The van der Waals surface area contributed by atoms with Gasteiger partial charge in [-0.15, -0.1) is 0 Å². The predicted octanol–water partition coefficient (Wildman–Crippen LogP) is 0.398. The van der Waals surface area contributed by atoms with Crippen molar-refractivity contribution in [3.8, 4) is 0 Å². The maximum atomic E-state index is 10.8. The monoisotopic (exact) mass is 223 g/mol. The van der Waals surface area contributed by atoms with Gasteiger partial charge in [0.05, 0.1) is 12.4 Å². The number of primary sulfonamides is 1. The fourth-order valence-electron chi connectivity index (χ4n) is 0.983. The Morgan fingerprint density at radius 1 is 1.29 bits per heavy atom. The SMILES string of the molecule is CCOC(=O)CCCCCS(N)(=O)=O. The van der Waals surface area contributed by atoms with Gasteiger partial charge in [0.2, 0.25) is 10.0 Å². The highest BCUT2D eigenvalue weighted by Gasteiger charge is 2.04. The molecule has 0 aromatic rings. The number of rotatable bonds is 7. The zero-order valence-electron chi connectivity index (χ0n) is 8.36. The van der Waals surface area contributed by atoms with Gasteiger partial charge in [0, 0.05) is 6.42 Å². The van der Waals surface area contributed by atoms with Crippen LogP contribution in [0.5, 0.6) is 0 Å². The molecular formula is C8H17NO4S. The summed E-state index contributed by atoms with van der Waals surface area (Å²) in [5.74, 6) is -0.251. The van der Waals surface area contributed by atoms with Crippen LogP contribution in [-0.4, -0.2) is 26.7 Å². The molecule has 0 radical (unpaired) electrons. The zero-order chi connectivity index (χ0) is 11.0. The minimum atomic E-state index is -3.35. The second-order valence-electron chi connectivity index (χ2n) is 2.98. The molecule has 0 spiro atoms. The summed E-state index contributed by atoms with van der Waals surface area (Å²) in [4.78, 5) is 10.8. The number of nitrogens with two attached hydrogens (primary N) is 1. The van der Waals surface area contributed by atoms with E-state index in [9.17, 15) is 13.2 Å². The van der Waals surface area contributed by atoms with E-state index in [2.05, 4.69) is 0 Å². The van der Waals surface area contributed by atoms with Crippen LogP contribution in [0.15, 0.2) is 0 Å². The van der Waals surface area contributed by atoms with Crippen molar-refractivity contribution in [1.82, 2.24) is 0 Å². The Balaban J connectivity index is 3.34. The normalized spacial score (nSPS) is 11.3. The fraction of sp³-hybridized carbons (Fsp3) is 0.875. The van der Waals surface area contributed by atoms with Crippen molar-refractivity contribution in [2.24, 2.45) is 5.14 Å². The minimum absolute atomic E-state index is 0.0180. The van der Waals surface area contributed by atoms with E-state index in [1.54, 1.807) is 6.92 Å². The van der Waals surface area contributed by atoms with E-state index in [-0.39, 0.29) is 11.7 Å². The van der Waals surface area contributed by atoms with Gasteiger partial charge in [-0.25, -0.2) is 13.6 Å². The molecule has 0 atom stereocenters. The lowest BCUT2D eigenvalue weighted by Crippen LogP contribution is -2.16. The Morgan fingerprint density at radius 3 is 2.43 bits per heavy atom. The molecule has 2 N–H and O–H groups in total. The van der Waals surface area contributed by atoms with Gasteiger partial charge in [-0.3, -0.25) is 4.79 Å². The summed E-state index contributed by atoms with van der Waals surface area (Å²) in [5, 5.41) is 4.81. The van der Waals surface area contributed by atoms with Crippen LogP contribution >= 0.6 is 0 Å². The van der Waals surface area contributed by atoms with Crippen molar-refractivity contribution in [3.63, 3.8) is 0 Å². The van der Waals surface area contributed by atoms with Crippen molar-refractivity contribution >= 4 is 16.0 Å². The molecule has 6 heteroatoms. The Bertz CT molecular complexity index is 261. The van der Waals surface area contributed by atoms with E-state index in [0.717, 1.165) is 0 Å². The highest BCUT2D eigenvalue weighted by molar-refractivity contribution is 7.89.